The number of aryl methyl sites for hydroxylation is 1. The summed E-state index contributed by atoms with van der Waals surface area (Å²) < 4.78 is 0. The summed E-state index contributed by atoms with van der Waals surface area (Å²) >= 11 is 0. The third-order valence-electron chi connectivity index (χ3n) is 4.43. The zero-order chi connectivity index (χ0) is 15.5. The van der Waals surface area contributed by atoms with E-state index in [9.17, 15) is 0 Å². The Morgan fingerprint density at radius 3 is 2.50 bits per heavy atom. The van der Waals surface area contributed by atoms with Crippen molar-refractivity contribution >= 4 is 16.7 Å². The Hall–Kier alpha value is -1.68. The van der Waals surface area contributed by atoms with E-state index in [1.165, 1.54) is 31.2 Å². The van der Waals surface area contributed by atoms with E-state index in [2.05, 4.69) is 59.6 Å². The van der Waals surface area contributed by atoms with Gasteiger partial charge in [0.2, 0.25) is 0 Å². The van der Waals surface area contributed by atoms with Crippen molar-refractivity contribution < 1.29 is 0 Å². The Kier molecular flexibility index (Phi) is 4.57. The largest absolute Gasteiger partial charge is 0.367 e. The zero-order valence-electron chi connectivity index (χ0n) is 13.8. The number of nitrogens with zero attached hydrogens (tertiary/aromatic N) is 2. The van der Waals surface area contributed by atoms with Crippen LogP contribution >= 0.6 is 0 Å². The summed E-state index contributed by atoms with van der Waals surface area (Å²) in [6.07, 6.45) is 6.52. The van der Waals surface area contributed by atoms with Crippen molar-refractivity contribution in [3.8, 4) is 0 Å². The van der Waals surface area contributed by atoms with Crippen LogP contribution in [0.5, 0.6) is 0 Å². The molecule has 1 saturated carbocycles. The van der Waals surface area contributed by atoms with Crippen LogP contribution in [0.3, 0.4) is 0 Å². The molecule has 1 fully saturated rings. The molecule has 4 heteroatoms. The first kappa shape index (κ1) is 15.2. The second kappa shape index (κ2) is 6.61. The lowest BCUT2D eigenvalue weighted by Gasteiger charge is -2.31. The molecule has 2 aromatic rings. The molecular weight excluding hydrogens is 272 g/mol. The molecule has 0 saturated heterocycles. The maximum absolute atomic E-state index is 4.47. The summed E-state index contributed by atoms with van der Waals surface area (Å²) in [6.45, 7) is 6.55. The molecular formula is C18H26N4. The summed E-state index contributed by atoms with van der Waals surface area (Å²) in [5.74, 6) is 0.981. The number of benzene rings is 1. The van der Waals surface area contributed by atoms with Gasteiger partial charge in [0.15, 0.2) is 0 Å². The lowest BCUT2D eigenvalue weighted by Crippen LogP contribution is -2.40. The van der Waals surface area contributed by atoms with Gasteiger partial charge >= 0.3 is 0 Å². The second-order valence-electron chi connectivity index (χ2n) is 6.76. The molecule has 1 heterocycles. The average molecular weight is 298 g/mol. The van der Waals surface area contributed by atoms with Gasteiger partial charge in [-0.2, -0.15) is 0 Å². The van der Waals surface area contributed by atoms with Gasteiger partial charge < -0.3 is 10.6 Å². The van der Waals surface area contributed by atoms with Gasteiger partial charge in [0.25, 0.3) is 0 Å². The van der Waals surface area contributed by atoms with E-state index in [4.69, 9.17) is 0 Å². The van der Waals surface area contributed by atoms with E-state index in [1.54, 1.807) is 6.33 Å². The van der Waals surface area contributed by atoms with Crippen molar-refractivity contribution in [3.63, 3.8) is 0 Å². The molecule has 1 aromatic heterocycles. The topological polar surface area (TPSA) is 49.8 Å². The minimum atomic E-state index is 0.517. The number of hydrogen-bond acceptors (Lipinski definition) is 4. The van der Waals surface area contributed by atoms with Crippen molar-refractivity contribution in [2.24, 2.45) is 0 Å². The first-order chi connectivity index (χ1) is 10.6. The first-order valence-electron chi connectivity index (χ1n) is 8.36. The minimum Gasteiger partial charge on any atom is -0.367 e. The Bertz CT molecular complexity index is 630. The molecule has 0 amide bonds. The molecule has 0 bridgehead atoms. The predicted octanol–water partition coefficient (Wildman–Crippen LogP) is 3.66. The van der Waals surface area contributed by atoms with Crippen molar-refractivity contribution in [1.82, 2.24) is 15.3 Å². The van der Waals surface area contributed by atoms with Crippen molar-refractivity contribution in [3.05, 3.63) is 30.1 Å². The highest BCUT2D eigenvalue weighted by molar-refractivity contribution is 5.89. The van der Waals surface area contributed by atoms with Crippen LogP contribution in [-0.4, -0.2) is 28.1 Å². The first-order valence-corrected chi connectivity index (χ1v) is 8.36. The zero-order valence-corrected chi connectivity index (χ0v) is 13.8. The fourth-order valence-electron chi connectivity index (χ4n) is 3.35. The quantitative estimate of drug-likeness (QED) is 0.904. The molecule has 0 spiro atoms. The van der Waals surface area contributed by atoms with E-state index in [0.717, 1.165) is 16.7 Å². The van der Waals surface area contributed by atoms with Crippen LogP contribution < -0.4 is 10.6 Å². The van der Waals surface area contributed by atoms with Crippen LogP contribution in [0.25, 0.3) is 10.9 Å². The van der Waals surface area contributed by atoms with Gasteiger partial charge in [0, 0.05) is 23.5 Å². The molecule has 0 unspecified atom stereocenters. The number of hydrogen-bond donors (Lipinski definition) is 2. The number of anilines is 1. The number of fused-ring (bicyclic) bond motifs is 1. The van der Waals surface area contributed by atoms with Gasteiger partial charge in [-0.25, -0.2) is 9.97 Å². The molecule has 0 radical (unpaired) electrons. The lowest BCUT2D eigenvalue weighted by molar-refractivity contribution is 0.335. The van der Waals surface area contributed by atoms with Crippen LogP contribution in [0.1, 0.15) is 45.1 Å². The highest BCUT2D eigenvalue weighted by atomic mass is 15.0. The summed E-state index contributed by atoms with van der Waals surface area (Å²) in [7, 11) is 0. The minimum absolute atomic E-state index is 0.517. The van der Waals surface area contributed by atoms with Crippen LogP contribution in [-0.2, 0) is 0 Å². The van der Waals surface area contributed by atoms with Gasteiger partial charge in [0.1, 0.15) is 12.1 Å². The standard InChI is InChI=1S/C18H26N4/c1-12(2)21-14-5-7-15(8-6-14)22-18-16-10-13(3)4-9-17(16)19-11-20-18/h4,9-12,14-15,21H,5-8H2,1-3H3,(H,19,20,22). The van der Waals surface area contributed by atoms with Gasteiger partial charge in [0.05, 0.1) is 5.52 Å². The van der Waals surface area contributed by atoms with Crippen molar-refractivity contribution in [2.75, 3.05) is 5.32 Å². The second-order valence-corrected chi connectivity index (χ2v) is 6.76. The third-order valence-corrected chi connectivity index (χ3v) is 4.43. The Labute approximate surface area is 132 Å². The van der Waals surface area contributed by atoms with Crippen LogP contribution in [0, 0.1) is 6.92 Å². The molecule has 3 rings (SSSR count). The molecule has 22 heavy (non-hydrogen) atoms. The molecule has 118 valence electrons. The van der Waals surface area contributed by atoms with Gasteiger partial charge in [-0.05, 0) is 44.7 Å². The van der Waals surface area contributed by atoms with E-state index >= 15 is 0 Å². The highest BCUT2D eigenvalue weighted by Gasteiger charge is 2.22. The maximum Gasteiger partial charge on any atom is 0.137 e. The normalized spacial score (nSPS) is 22.2. The lowest BCUT2D eigenvalue weighted by atomic mass is 9.90. The van der Waals surface area contributed by atoms with E-state index in [0.29, 0.717) is 18.1 Å². The van der Waals surface area contributed by atoms with Crippen LogP contribution in [0.4, 0.5) is 5.82 Å². The molecule has 1 aliphatic rings. The summed E-state index contributed by atoms with van der Waals surface area (Å²) in [4.78, 5) is 8.83. The van der Waals surface area contributed by atoms with Gasteiger partial charge in [-0.15, -0.1) is 0 Å². The average Bonchev–Trinajstić information content (AvgIpc) is 2.49. The fraction of sp³-hybridized carbons (Fsp3) is 0.556. The van der Waals surface area contributed by atoms with Gasteiger partial charge in [-0.3, -0.25) is 0 Å². The van der Waals surface area contributed by atoms with Crippen molar-refractivity contribution in [1.29, 1.82) is 0 Å². The maximum atomic E-state index is 4.47. The molecule has 1 aromatic carbocycles. The Morgan fingerprint density at radius 2 is 1.77 bits per heavy atom. The fourth-order valence-corrected chi connectivity index (χ4v) is 3.35. The molecule has 1 aliphatic carbocycles. The monoisotopic (exact) mass is 298 g/mol. The number of nitrogens with one attached hydrogen (secondary N) is 2. The summed E-state index contributed by atoms with van der Waals surface area (Å²) in [6, 6.07) is 8.10. The van der Waals surface area contributed by atoms with Crippen LogP contribution in [0.2, 0.25) is 0 Å². The van der Waals surface area contributed by atoms with Crippen LogP contribution in [0.15, 0.2) is 24.5 Å². The Morgan fingerprint density at radius 1 is 1.05 bits per heavy atom. The molecule has 2 N–H and O–H groups in total. The smallest absolute Gasteiger partial charge is 0.137 e. The predicted molar refractivity (Wildman–Crippen MR) is 92.2 cm³/mol. The highest BCUT2D eigenvalue weighted by Crippen LogP contribution is 2.26. The molecule has 0 atom stereocenters. The molecule has 0 aliphatic heterocycles. The SMILES string of the molecule is Cc1ccc2ncnc(NC3CCC(NC(C)C)CC3)c2c1. The van der Waals surface area contributed by atoms with Crippen molar-refractivity contribution in [2.45, 2.75) is 64.6 Å². The van der Waals surface area contributed by atoms with E-state index in [1.807, 2.05) is 0 Å². The number of aromatic nitrogens is 2. The molecule has 4 nitrogen and oxygen atoms in total. The summed E-state index contributed by atoms with van der Waals surface area (Å²) in [5.41, 5.74) is 2.26. The van der Waals surface area contributed by atoms with Gasteiger partial charge in [-0.1, -0.05) is 25.5 Å². The Balaban J connectivity index is 1.68. The van der Waals surface area contributed by atoms with E-state index < -0.39 is 0 Å². The number of rotatable bonds is 4. The summed E-state index contributed by atoms with van der Waals surface area (Å²) in [5, 5.41) is 8.43. The van der Waals surface area contributed by atoms with E-state index in [-0.39, 0.29) is 0 Å². The third kappa shape index (κ3) is 3.55.